The molecule has 0 spiro atoms. The van der Waals surface area contributed by atoms with Gasteiger partial charge in [-0.25, -0.2) is 4.79 Å². The molecule has 3 nitrogen and oxygen atoms in total. The molecule has 1 saturated carbocycles. The third kappa shape index (κ3) is 2.63. The number of aliphatic imine (C=N–C) groups is 1. The quantitative estimate of drug-likeness (QED) is 0.627. The molecule has 1 saturated heterocycles. The van der Waals surface area contributed by atoms with Gasteiger partial charge in [0.15, 0.2) is 0 Å². The van der Waals surface area contributed by atoms with Crippen molar-refractivity contribution < 1.29 is 9.53 Å². The van der Waals surface area contributed by atoms with Gasteiger partial charge in [-0.3, -0.25) is 0 Å². The normalized spacial score (nSPS) is 24.3. The number of ether oxygens (including phenoxy) is 1. The van der Waals surface area contributed by atoms with Crippen LogP contribution in [0.25, 0.3) is 0 Å². The number of benzene rings is 1. The Balaban J connectivity index is 1.85. The van der Waals surface area contributed by atoms with E-state index in [2.05, 4.69) is 4.99 Å². The Morgan fingerprint density at radius 3 is 2.80 bits per heavy atom. The van der Waals surface area contributed by atoms with Gasteiger partial charge in [-0.2, -0.15) is 16.8 Å². The van der Waals surface area contributed by atoms with Gasteiger partial charge in [0.25, 0.3) is 0 Å². The molecule has 2 fully saturated rings. The third-order valence-corrected chi connectivity index (χ3v) is 5.43. The van der Waals surface area contributed by atoms with Crippen molar-refractivity contribution in [2.24, 2.45) is 4.99 Å². The summed E-state index contributed by atoms with van der Waals surface area (Å²) in [6.45, 7) is 0. The zero-order valence-electron chi connectivity index (χ0n) is 11.5. The fourth-order valence-corrected chi connectivity index (χ4v) is 4.01. The standard InChI is InChI=1S/C16H19NO2S/c18-12-17-16(8-4-9-16)14-6-1-2-7-15(14)19-13-5-3-10-20-11-13/h1-2,6-7,13H,3-5,8-11H2. The number of carbonyl (C=O) groups excluding carboxylic acids is 1. The topological polar surface area (TPSA) is 38.7 Å². The second kappa shape index (κ2) is 6.02. The Morgan fingerprint density at radius 1 is 1.30 bits per heavy atom. The van der Waals surface area contributed by atoms with Crippen molar-refractivity contribution in [3.63, 3.8) is 0 Å². The fourth-order valence-electron chi connectivity index (χ4n) is 2.98. The first-order chi connectivity index (χ1) is 9.84. The molecule has 106 valence electrons. The zero-order chi connectivity index (χ0) is 13.8. The van der Waals surface area contributed by atoms with E-state index in [4.69, 9.17) is 4.74 Å². The van der Waals surface area contributed by atoms with E-state index in [0.29, 0.717) is 0 Å². The number of hydrogen-bond acceptors (Lipinski definition) is 4. The summed E-state index contributed by atoms with van der Waals surface area (Å²) in [5, 5.41) is 0. The minimum absolute atomic E-state index is 0.284. The van der Waals surface area contributed by atoms with E-state index in [1.807, 2.05) is 36.0 Å². The van der Waals surface area contributed by atoms with Gasteiger partial charge in [0, 0.05) is 11.3 Å². The SMILES string of the molecule is O=C=NC1(c2ccccc2OC2CCCSC2)CCC1. The van der Waals surface area contributed by atoms with Crippen LogP contribution in [0.2, 0.25) is 0 Å². The summed E-state index contributed by atoms with van der Waals surface area (Å²) < 4.78 is 6.20. The van der Waals surface area contributed by atoms with Gasteiger partial charge < -0.3 is 4.74 Å². The van der Waals surface area contributed by atoms with Crippen molar-refractivity contribution in [3.05, 3.63) is 29.8 Å². The molecule has 0 N–H and O–H groups in total. The molecule has 1 heterocycles. The first-order valence-electron chi connectivity index (χ1n) is 7.27. The maximum Gasteiger partial charge on any atom is 0.235 e. The van der Waals surface area contributed by atoms with Gasteiger partial charge in [-0.1, -0.05) is 18.2 Å². The van der Waals surface area contributed by atoms with Crippen LogP contribution in [0.15, 0.2) is 29.3 Å². The minimum Gasteiger partial charge on any atom is -0.489 e. The number of isocyanates is 1. The molecule has 1 aromatic carbocycles. The monoisotopic (exact) mass is 289 g/mol. The van der Waals surface area contributed by atoms with Gasteiger partial charge in [0.1, 0.15) is 17.4 Å². The summed E-state index contributed by atoms with van der Waals surface area (Å²) in [6.07, 6.45) is 7.32. The first kappa shape index (κ1) is 13.7. The van der Waals surface area contributed by atoms with E-state index < -0.39 is 0 Å². The van der Waals surface area contributed by atoms with Gasteiger partial charge in [-0.15, -0.1) is 0 Å². The van der Waals surface area contributed by atoms with Crippen LogP contribution < -0.4 is 4.74 Å². The Labute approximate surface area is 123 Å². The summed E-state index contributed by atoms with van der Waals surface area (Å²) in [6, 6.07) is 8.05. The number of thioether (sulfide) groups is 1. The largest absolute Gasteiger partial charge is 0.489 e. The smallest absolute Gasteiger partial charge is 0.235 e. The molecular weight excluding hydrogens is 270 g/mol. The Hall–Kier alpha value is -1.25. The second-order valence-corrected chi connectivity index (χ2v) is 6.69. The first-order valence-corrected chi connectivity index (χ1v) is 8.42. The minimum atomic E-state index is -0.375. The predicted octanol–water partition coefficient (Wildman–Crippen LogP) is 3.68. The predicted molar refractivity (Wildman–Crippen MR) is 81.1 cm³/mol. The van der Waals surface area contributed by atoms with Crippen LogP contribution in [-0.4, -0.2) is 23.7 Å². The number of nitrogens with zero attached hydrogens (tertiary/aromatic N) is 1. The summed E-state index contributed by atoms with van der Waals surface area (Å²) in [7, 11) is 0. The van der Waals surface area contributed by atoms with Gasteiger partial charge in [0.05, 0.1) is 0 Å². The molecule has 2 aliphatic rings. The van der Waals surface area contributed by atoms with E-state index in [1.54, 1.807) is 6.08 Å². The van der Waals surface area contributed by atoms with Gasteiger partial charge >= 0.3 is 0 Å². The van der Waals surface area contributed by atoms with Crippen molar-refractivity contribution in [1.82, 2.24) is 0 Å². The van der Waals surface area contributed by atoms with E-state index in [9.17, 15) is 4.79 Å². The maximum atomic E-state index is 10.8. The van der Waals surface area contributed by atoms with Crippen LogP contribution >= 0.6 is 11.8 Å². The molecule has 1 aliphatic carbocycles. The van der Waals surface area contributed by atoms with E-state index in [-0.39, 0.29) is 11.6 Å². The highest BCUT2D eigenvalue weighted by atomic mass is 32.2. The Kier molecular flexibility index (Phi) is 4.13. The molecule has 0 radical (unpaired) electrons. The highest BCUT2D eigenvalue weighted by molar-refractivity contribution is 7.99. The lowest BCUT2D eigenvalue weighted by molar-refractivity contribution is 0.192. The van der Waals surface area contributed by atoms with Crippen LogP contribution in [-0.2, 0) is 10.3 Å². The Morgan fingerprint density at radius 2 is 2.15 bits per heavy atom. The van der Waals surface area contributed by atoms with Crippen molar-refractivity contribution >= 4 is 17.8 Å². The highest BCUT2D eigenvalue weighted by Gasteiger charge is 2.41. The highest BCUT2D eigenvalue weighted by Crippen LogP contribution is 2.48. The average molecular weight is 289 g/mol. The Bertz CT molecular complexity index is 515. The van der Waals surface area contributed by atoms with Crippen LogP contribution in [0.3, 0.4) is 0 Å². The van der Waals surface area contributed by atoms with E-state index in [0.717, 1.165) is 42.7 Å². The summed E-state index contributed by atoms with van der Waals surface area (Å²) in [5.74, 6) is 3.19. The van der Waals surface area contributed by atoms with Crippen LogP contribution in [0.5, 0.6) is 5.75 Å². The summed E-state index contributed by atoms with van der Waals surface area (Å²) in [4.78, 5) is 14.8. The fraction of sp³-hybridized carbons (Fsp3) is 0.562. The molecule has 4 heteroatoms. The average Bonchev–Trinajstić information content (AvgIpc) is 2.45. The molecule has 3 rings (SSSR count). The number of hydrogen-bond donors (Lipinski definition) is 0. The molecule has 1 aliphatic heterocycles. The lowest BCUT2D eigenvalue weighted by Crippen LogP contribution is -2.33. The maximum absolute atomic E-state index is 10.8. The summed E-state index contributed by atoms with van der Waals surface area (Å²) in [5.41, 5.74) is 0.685. The zero-order valence-corrected chi connectivity index (χ0v) is 12.3. The molecule has 0 bridgehead atoms. The van der Waals surface area contributed by atoms with E-state index in [1.165, 1.54) is 12.2 Å². The van der Waals surface area contributed by atoms with Gasteiger partial charge in [-0.05, 0) is 43.9 Å². The van der Waals surface area contributed by atoms with E-state index >= 15 is 0 Å². The number of rotatable bonds is 4. The molecule has 1 aromatic rings. The molecular formula is C16H19NO2S. The lowest BCUT2D eigenvalue weighted by atomic mass is 9.72. The molecule has 20 heavy (non-hydrogen) atoms. The van der Waals surface area contributed by atoms with Gasteiger partial charge in [0.2, 0.25) is 6.08 Å². The van der Waals surface area contributed by atoms with Crippen molar-refractivity contribution in [3.8, 4) is 5.75 Å². The second-order valence-electron chi connectivity index (χ2n) is 5.54. The third-order valence-electron chi connectivity index (χ3n) is 4.24. The van der Waals surface area contributed by atoms with Crippen LogP contribution in [0.4, 0.5) is 0 Å². The lowest BCUT2D eigenvalue weighted by Gasteiger charge is -2.38. The molecule has 1 atom stereocenters. The van der Waals surface area contributed by atoms with Crippen molar-refractivity contribution in [1.29, 1.82) is 0 Å². The van der Waals surface area contributed by atoms with Crippen molar-refractivity contribution in [2.45, 2.75) is 43.7 Å². The van der Waals surface area contributed by atoms with Crippen molar-refractivity contribution in [2.75, 3.05) is 11.5 Å². The molecule has 0 amide bonds. The van der Waals surface area contributed by atoms with Crippen LogP contribution in [0, 0.1) is 0 Å². The summed E-state index contributed by atoms with van der Waals surface area (Å²) >= 11 is 1.95. The number of para-hydroxylation sites is 1. The van der Waals surface area contributed by atoms with Crippen LogP contribution in [0.1, 0.15) is 37.7 Å². The molecule has 1 unspecified atom stereocenters. The molecule has 0 aromatic heterocycles.